The van der Waals surface area contributed by atoms with Crippen LogP contribution in [0.5, 0.6) is 0 Å². The van der Waals surface area contributed by atoms with Gasteiger partial charge in [-0.15, -0.1) is 0 Å². The van der Waals surface area contributed by atoms with Crippen LogP contribution < -0.4 is 5.32 Å². The zero-order valence-corrected chi connectivity index (χ0v) is 11.0. The fraction of sp³-hybridized carbons (Fsp3) is 0.167. The molecule has 1 N–H and O–H groups in total. The van der Waals surface area contributed by atoms with Gasteiger partial charge in [-0.3, -0.25) is 4.79 Å². The van der Waals surface area contributed by atoms with Gasteiger partial charge in [0.05, 0.1) is 22.8 Å². The Morgan fingerprint density at radius 1 is 1.44 bits per heavy atom. The molecule has 2 rings (SSSR count). The molecular weight excluding hydrogens is 275 g/mol. The highest BCUT2D eigenvalue weighted by Gasteiger charge is 2.11. The molecule has 0 radical (unpaired) electrons. The topological polar surface area (TPSA) is 55.1 Å². The first-order valence-corrected chi connectivity index (χ1v) is 5.95. The number of hydrogen-bond donors (Lipinski definition) is 1. The second-order valence-electron chi connectivity index (χ2n) is 3.71. The molecule has 1 amide bonds. The van der Waals surface area contributed by atoms with Crippen molar-refractivity contribution >= 4 is 34.8 Å². The average molecular weight is 285 g/mol. The van der Waals surface area contributed by atoms with E-state index in [9.17, 15) is 4.79 Å². The zero-order valence-electron chi connectivity index (χ0n) is 9.54. The van der Waals surface area contributed by atoms with Crippen molar-refractivity contribution in [2.75, 3.05) is 5.32 Å². The van der Waals surface area contributed by atoms with Crippen molar-refractivity contribution in [3.05, 3.63) is 46.1 Å². The lowest BCUT2D eigenvalue weighted by Gasteiger charge is -2.06. The van der Waals surface area contributed by atoms with Crippen LogP contribution in [0.3, 0.4) is 0 Å². The molecule has 0 atom stereocenters. The molecule has 0 fully saturated rings. The van der Waals surface area contributed by atoms with Gasteiger partial charge in [-0.25, -0.2) is 4.98 Å². The molecular formula is C12H10Cl2N2O2. The Balaban J connectivity index is 2.05. The van der Waals surface area contributed by atoms with E-state index in [1.54, 1.807) is 25.1 Å². The molecule has 0 saturated carbocycles. The van der Waals surface area contributed by atoms with Crippen molar-refractivity contribution < 1.29 is 9.21 Å². The number of nitrogens with zero attached hydrogens (tertiary/aromatic N) is 1. The van der Waals surface area contributed by atoms with Crippen molar-refractivity contribution in [3.63, 3.8) is 0 Å². The number of amides is 1. The summed E-state index contributed by atoms with van der Waals surface area (Å²) in [6.45, 7) is 1.78. The van der Waals surface area contributed by atoms with E-state index in [0.29, 0.717) is 27.2 Å². The molecule has 0 spiro atoms. The second-order valence-corrected chi connectivity index (χ2v) is 4.55. The maximum absolute atomic E-state index is 11.8. The molecule has 6 heteroatoms. The number of aryl methyl sites for hydroxylation is 1. The van der Waals surface area contributed by atoms with Crippen LogP contribution in [0.15, 0.2) is 29.0 Å². The van der Waals surface area contributed by atoms with Crippen LogP contribution in [-0.2, 0) is 11.2 Å². The van der Waals surface area contributed by atoms with Gasteiger partial charge in [-0.1, -0.05) is 23.2 Å². The summed E-state index contributed by atoms with van der Waals surface area (Å²) in [5.74, 6) is 0.316. The Morgan fingerprint density at radius 2 is 2.22 bits per heavy atom. The molecule has 18 heavy (non-hydrogen) atoms. The minimum Gasteiger partial charge on any atom is -0.448 e. The molecule has 1 aromatic heterocycles. The third-order valence-electron chi connectivity index (χ3n) is 2.37. The number of carbonyl (C=O) groups is 1. The predicted molar refractivity (Wildman–Crippen MR) is 70.0 cm³/mol. The maximum Gasteiger partial charge on any atom is 0.232 e. The van der Waals surface area contributed by atoms with Crippen LogP contribution in [0.25, 0.3) is 0 Å². The van der Waals surface area contributed by atoms with Gasteiger partial charge < -0.3 is 9.73 Å². The van der Waals surface area contributed by atoms with Gasteiger partial charge in [-0.05, 0) is 25.1 Å². The number of aromatic nitrogens is 1. The van der Waals surface area contributed by atoms with Gasteiger partial charge in [0.2, 0.25) is 5.91 Å². The lowest BCUT2D eigenvalue weighted by molar-refractivity contribution is -0.115. The van der Waals surface area contributed by atoms with E-state index in [1.807, 2.05) is 0 Å². The quantitative estimate of drug-likeness (QED) is 0.939. The van der Waals surface area contributed by atoms with E-state index in [4.69, 9.17) is 27.6 Å². The fourth-order valence-corrected chi connectivity index (χ4v) is 1.88. The number of anilines is 1. The minimum absolute atomic E-state index is 0.116. The number of benzene rings is 1. The van der Waals surface area contributed by atoms with Gasteiger partial charge in [0.25, 0.3) is 0 Å². The Kier molecular flexibility index (Phi) is 3.89. The largest absolute Gasteiger partial charge is 0.448 e. The van der Waals surface area contributed by atoms with Gasteiger partial charge in [0, 0.05) is 5.02 Å². The van der Waals surface area contributed by atoms with E-state index in [1.165, 1.54) is 6.39 Å². The summed E-state index contributed by atoms with van der Waals surface area (Å²) in [4.78, 5) is 15.7. The molecule has 0 aliphatic carbocycles. The SMILES string of the molecule is Cc1ncoc1CC(=O)Nc1ccc(Cl)cc1Cl. The van der Waals surface area contributed by atoms with E-state index in [-0.39, 0.29) is 12.3 Å². The first kappa shape index (κ1) is 12.9. The highest BCUT2D eigenvalue weighted by Crippen LogP contribution is 2.25. The van der Waals surface area contributed by atoms with Crippen LogP contribution in [0.4, 0.5) is 5.69 Å². The van der Waals surface area contributed by atoms with Gasteiger partial charge in [-0.2, -0.15) is 0 Å². The first-order valence-electron chi connectivity index (χ1n) is 5.20. The summed E-state index contributed by atoms with van der Waals surface area (Å²) in [6.07, 6.45) is 1.43. The highest BCUT2D eigenvalue weighted by molar-refractivity contribution is 6.36. The standard InChI is InChI=1S/C12H10Cl2N2O2/c1-7-11(18-6-15-7)5-12(17)16-10-3-2-8(13)4-9(10)14/h2-4,6H,5H2,1H3,(H,16,17). The molecule has 0 saturated heterocycles. The Morgan fingerprint density at radius 3 is 2.83 bits per heavy atom. The third kappa shape index (κ3) is 3.03. The van der Waals surface area contributed by atoms with Crippen molar-refractivity contribution in [2.45, 2.75) is 13.3 Å². The summed E-state index contributed by atoms with van der Waals surface area (Å²) < 4.78 is 5.10. The number of carbonyl (C=O) groups excluding carboxylic acids is 1. The van der Waals surface area contributed by atoms with Crippen LogP contribution in [0.2, 0.25) is 10.0 Å². The van der Waals surface area contributed by atoms with Crippen LogP contribution in [0.1, 0.15) is 11.5 Å². The van der Waals surface area contributed by atoms with Crippen LogP contribution >= 0.6 is 23.2 Å². The summed E-state index contributed by atoms with van der Waals surface area (Å²) in [7, 11) is 0. The van der Waals surface area contributed by atoms with Crippen molar-refractivity contribution in [2.24, 2.45) is 0 Å². The molecule has 0 bridgehead atoms. The number of hydrogen-bond acceptors (Lipinski definition) is 3. The minimum atomic E-state index is -0.223. The maximum atomic E-state index is 11.8. The van der Waals surface area contributed by atoms with E-state index >= 15 is 0 Å². The number of oxazole rings is 1. The number of halogens is 2. The summed E-state index contributed by atoms with van der Waals surface area (Å²) in [6, 6.07) is 4.87. The molecule has 2 aromatic rings. The summed E-state index contributed by atoms with van der Waals surface area (Å²) in [5, 5.41) is 3.60. The molecule has 0 aliphatic heterocycles. The van der Waals surface area contributed by atoms with Crippen LogP contribution in [-0.4, -0.2) is 10.9 Å². The Bertz CT molecular complexity index is 581. The third-order valence-corrected chi connectivity index (χ3v) is 2.92. The molecule has 0 aliphatic rings. The predicted octanol–water partition coefficient (Wildman–Crippen LogP) is 3.47. The number of nitrogens with one attached hydrogen (secondary N) is 1. The van der Waals surface area contributed by atoms with Crippen molar-refractivity contribution in [1.82, 2.24) is 4.98 Å². The van der Waals surface area contributed by atoms with Gasteiger partial charge >= 0.3 is 0 Å². The monoisotopic (exact) mass is 284 g/mol. The lowest BCUT2D eigenvalue weighted by atomic mass is 10.2. The highest BCUT2D eigenvalue weighted by atomic mass is 35.5. The normalized spacial score (nSPS) is 10.4. The van der Waals surface area contributed by atoms with Crippen molar-refractivity contribution in [3.8, 4) is 0 Å². The van der Waals surface area contributed by atoms with E-state index in [0.717, 1.165) is 0 Å². The molecule has 1 heterocycles. The molecule has 4 nitrogen and oxygen atoms in total. The molecule has 94 valence electrons. The second kappa shape index (κ2) is 5.42. The molecule has 0 unspecified atom stereocenters. The van der Waals surface area contributed by atoms with Gasteiger partial charge in [0.1, 0.15) is 5.76 Å². The number of rotatable bonds is 3. The Hall–Kier alpha value is -1.52. The summed E-state index contributed by atoms with van der Waals surface area (Å²) in [5.41, 5.74) is 1.22. The lowest BCUT2D eigenvalue weighted by Crippen LogP contribution is -2.14. The Labute approximate surface area is 114 Å². The fourth-order valence-electron chi connectivity index (χ4n) is 1.43. The van der Waals surface area contributed by atoms with Crippen LogP contribution in [0, 0.1) is 6.92 Å². The van der Waals surface area contributed by atoms with E-state index < -0.39 is 0 Å². The first-order chi connectivity index (χ1) is 8.56. The average Bonchev–Trinajstić information content (AvgIpc) is 2.69. The van der Waals surface area contributed by atoms with Gasteiger partial charge in [0.15, 0.2) is 6.39 Å². The summed E-state index contributed by atoms with van der Waals surface area (Å²) >= 11 is 11.7. The van der Waals surface area contributed by atoms with Crippen molar-refractivity contribution in [1.29, 1.82) is 0 Å². The zero-order chi connectivity index (χ0) is 13.1. The smallest absolute Gasteiger partial charge is 0.232 e. The molecule has 1 aromatic carbocycles. The van der Waals surface area contributed by atoms with E-state index in [2.05, 4.69) is 10.3 Å².